The highest BCUT2D eigenvalue weighted by Gasteiger charge is 2.40. The van der Waals surface area contributed by atoms with Crippen LogP contribution in [0.5, 0.6) is 0 Å². The van der Waals surface area contributed by atoms with Gasteiger partial charge < -0.3 is 5.11 Å². The lowest BCUT2D eigenvalue weighted by Crippen LogP contribution is -2.43. The summed E-state index contributed by atoms with van der Waals surface area (Å²) >= 11 is 5.59. The second kappa shape index (κ2) is 4.33. The Bertz CT molecular complexity index is 544. The second-order valence-electron chi connectivity index (χ2n) is 4.27. The third-order valence-corrected chi connectivity index (χ3v) is 3.35. The van der Waals surface area contributed by atoms with Gasteiger partial charge in [-0.1, -0.05) is 11.6 Å². The Balaban J connectivity index is 2.58. The zero-order valence-corrected chi connectivity index (χ0v) is 10.5. The Morgan fingerprint density at radius 3 is 2.50 bits per heavy atom. The minimum absolute atomic E-state index is 0.0684. The second-order valence-corrected chi connectivity index (χ2v) is 4.68. The van der Waals surface area contributed by atoms with Gasteiger partial charge in [0.25, 0.3) is 11.7 Å². The number of anilines is 1. The van der Waals surface area contributed by atoms with Gasteiger partial charge >= 0.3 is 0 Å². The predicted molar refractivity (Wildman–Crippen MR) is 64.4 cm³/mol. The fourth-order valence-corrected chi connectivity index (χ4v) is 2.04. The van der Waals surface area contributed by atoms with Crippen LogP contribution in [0.3, 0.4) is 0 Å². The van der Waals surface area contributed by atoms with Crippen molar-refractivity contribution in [3.05, 3.63) is 28.5 Å². The van der Waals surface area contributed by atoms with E-state index in [1.165, 1.54) is 6.92 Å². The minimum atomic E-state index is -0.841. The van der Waals surface area contributed by atoms with Gasteiger partial charge in [-0.15, -0.1) is 0 Å². The first-order chi connectivity index (χ1) is 8.34. The predicted octanol–water partition coefficient (Wildman–Crippen LogP) is 1.78. The molecule has 2 rings (SSSR count). The van der Waals surface area contributed by atoms with E-state index in [1.54, 1.807) is 6.92 Å². The number of aliphatic hydroxyl groups excluding tert-OH is 1. The first-order valence-electron chi connectivity index (χ1n) is 5.39. The van der Waals surface area contributed by atoms with E-state index in [0.29, 0.717) is 0 Å². The average molecular weight is 272 g/mol. The van der Waals surface area contributed by atoms with Crippen LogP contribution < -0.4 is 4.90 Å². The molecule has 1 N–H and O–H groups in total. The number of hydrogen-bond donors (Lipinski definition) is 1. The Morgan fingerprint density at radius 2 is 1.94 bits per heavy atom. The number of nitrogens with zero attached hydrogens (tertiary/aromatic N) is 1. The number of fused-ring (bicyclic) bond motifs is 1. The molecule has 4 nitrogen and oxygen atoms in total. The summed E-state index contributed by atoms with van der Waals surface area (Å²) < 4.78 is 13.4. The molecule has 0 saturated heterocycles. The van der Waals surface area contributed by atoms with E-state index in [-0.39, 0.29) is 16.3 Å². The number of carbonyl (C=O) groups excluding carboxylic acids is 2. The maximum absolute atomic E-state index is 13.4. The van der Waals surface area contributed by atoms with Crippen LogP contribution in [0.25, 0.3) is 0 Å². The zero-order valence-electron chi connectivity index (χ0n) is 9.78. The summed E-state index contributed by atoms with van der Waals surface area (Å²) in [7, 11) is 0. The summed E-state index contributed by atoms with van der Waals surface area (Å²) in [5, 5.41) is 9.30. The molecule has 0 bridgehead atoms. The first-order valence-corrected chi connectivity index (χ1v) is 5.77. The van der Waals surface area contributed by atoms with Crippen LogP contribution in [-0.4, -0.2) is 28.9 Å². The number of Topliss-reactive ketones (excluding diaryl/α,β-unsaturated/α-hetero) is 1. The lowest BCUT2D eigenvalue weighted by atomic mass is 10.1. The number of hydrogen-bond acceptors (Lipinski definition) is 3. The molecule has 18 heavy (non-hydrogen) atoms. The first kappa shape index (κ1) is 13.0. The molecule has 0 aromatic heterocycles. The van der Waals surface area contributed by atoms with Gasteiger partial charge in [0.2, 0.25) is 0 Å². The smallest absolute Gasteiger partial charge is 0.299 e. The van der Waals surface area contributed by atoms with Crippen LogP contribution in [-0.2, 0) is 4.79 Å². The molecule has 1 heterocycles. The summed E-state index contributed by atoms with van der Waals surface area (Å²) in [6, 6.07) is 1.56. The molecule has 2 unspecified atom stereocenters. The summed E-state index contributed by atoms with van der Waals surface area (Å²) in [6.45, 7) is 3.07. The molecule has 1 aliphatic heterocycles. The Morgan fingerprint density at radius 1 is 1.33 bits per heavy atom. The van der Waals surface area contributed by atoms with Crippen LogP contribution in [0.15, 0.2) is 12.1 Å². The maximum Gasteiger partial charge on any atom is 0.299 e. The van der Waals surface area contributed by atoms with Crippen LogP contribution in [0.4, 0.5) is 10.1 Å². The lowest BCUT2D eigenvalue weighted by molar-refractivity contribution is -0.115. The van der Waals surface area contributed by atoms with Crippen molar-refractivity contribution >= 4 is 29.0 Å². The van der Waals surface area contributed by atoms with Gasteiger partial charge in [-0.3, -0.25) is 14.5 Å². The monoisotopic (exact) mass is 271 g/mol. The standard InChI is InChI=1S/C12H11ClFNO3/c1-5(6(2)16)15-10-4-9(14)8(13)3-7(10)11(17)12(15)18/h3-6,16H,1-2H3. The third-order valence-electron chi connectivity index (χ3n) is 3.06. The molecule has 1 aliphatic rings. The highest BCUT2D eigenvalue weighted by atomic mass is 35.5. The van der Waals surface area contributed by atoms with Crippen LogP contribution >= 0.6 is 11.6 Å². The number of ketones is 1. The SMILES string of the molecule is CC(O)C(C)N1C(=O)C(=O)c2cc(Cl)c(F)cc21. The molecular weight excluding hydrogens is 261 g/mol. The largest absolute Gasteiger partial charge is 0.391 e. The fourth-order valence-electron chi connectivity index (χ4n) is 1.87. The normalized spacial score (nSPS) is 17.9. The quantitative estimate of drug-likeness (QED) is 0.834. The number of carbonyl (C=O) groups is 2. The van der Waals surface area contributed by atoms with Crippen molar-refractivity contribution in [2.45, 2.75) is 26.0 Å². The molecule has 0 aliphatic carbocycles. The zero-order chi connectivity index (χ0) is 13.6. The van der Waals surface area contributed by atoms with Gasteiger partial charge in [0.05, 0.1) is 28.4 Å². The van der Waals surface area contributed by atoms with Gasteiger partial charge in [-0.05, 0) is 26.0 Å². The Labute approximate surface area is 108 Å². The van der Waals surface area contributed by atoms with Crippen LogP contribution in [0.2, 0.25) is 5.02 Å². The molecule has 1 aromatic carbocycles. The van der Waals surface area contributed by atoms with Crippen molar-refractivity contribution in [2.75, 3.05) is 4.90 Å². The summed E-state index contributed by atoms with van der Waals surface area (Å²) in [5.74, 6) is -2.22. The van der Waals surface area contributed by atoms with Gasteiger partial charge in [0.15, 0.2) is 0 Å². The topological polar surface area (TPSA) is 57.6 Å². The molecule has 0 fully saturated rings. The average Bonchev–Trinajstić information content (AvgIpc) is 2.53. The number of aliphatic hydroxyl groups is 1. The lowest BCUT2D eigenvalue weighted by Gasteiger charge is -2.26. The highest BCUT2D eigenvalue weighted by Crippen LogP contribution is 2.34. The molecule has 0 saturated carbocycles. The van der Waals surface area contributed by atoms with Gasteiger partial charge in [-0.2, -0.15) is 0 Å². The molecule has 6 heteroatoms. The number of rotatable bonds is 2. The van der Waals surface area contributed by atoms with E-state index < -0.39 is 29.7 Å². The van der Waals surface area contributed by atoms with E-state index >= 15 is 0 Å². The number of amides is 1. The van der Waals surface area contributed by atoms with Gasteiger partial charge in [-0.25, -0.2) is 4.39 Å². The molecule has 0 radical (unpaired) electrons. The van der Waals surface area contributed by atoms with E-state index in [9.17, 15) is 19.1 Å². The van der Waals surface area contributed by atoms with Crippen LogP contribution in [0.1, 0.15) is 24.2 Å². The van der Waals surface area contributed by atoms with Gasteiger partial charge in [0, 0.05) is 0 Å². The van der Waals surface area contributed by atoms with Crippen molar-refractivity contribution in [3.8, 4) is 0 Å². The molecule has 0 spiro atoms. The van der Waals surface area contributed by atoms with E-state index in [1.807, 2.05) is 0 Å². The fraction of sp³-hybridized carbons (Fsp3) is 0.333. The third kappa shape index (κ3) is 1.79. The Hall–Kier alpha value is -1.46. The van der Waals surface area contributed by atoms with Crippen molar-refractivity contribution in [2.24, 2.45) is 0 Å². The summed E-state index contributed by atoms with van der Waals surface area (Å²) in [5.41, 5.74) is 0.221. The highest BCUT2D eigenvalue weighted by molar-refractivity contribution is 6.52. The van der Waals surface area contributed by atoms with E-state index in [0.717, 1.165) is 17.0 Å². The van der Waals surface area contributed by atoms with Crippen molar-refractivity contribution in [1.29, 1.82) is 0 Å². The number of halogens is 2. The van der Waals surface area contributed by atoms with E-state index in [4.69, 9.17) is 11.6 Å². The minimum Gasteiger partial charge on any atom is -0.391 e. The van der Waals surface area contributed by atoms with Crippen molar-refractivity contribution < 1.29 is 19.1 Å². The summed E-state index contributed by atoms with van der Waals surface area (Å²) in [6.07, 6.45) is -0.841. The Kier molecular flexibility index (Phi) is 3.12. The molecule has 1 aromatic rings. The molecule has 96 valence electrons. The molecule has 1 amide bonds. The number of benzene rings is 1. The van der Waals surface area contributed by atoms with Crippen molar-refractivity contribution in [3.63, 3.8) is 0 Å². The van der Waals surface area contributed by atoms with E-state index in [2.05, 4.69) is 0 Å². The molecule has 2 atom stereocenters. The molecular formula is C12H11ClFNO3. The summed E-state index contributed by atoms with van der Waals surface area (Å²) in [4.78, 5) is 24.7. The van der Waals surface area contributed by atoms with Crippen LogP contribution in [0, 0.1) is 5.82 Å². The van der Waals surface area contributed by atoms with Gasteiger partial charge in [0.1, 0.15) is 5.82 Å². The maximum atomic E-state index is 13.4. The van der Waals surface area contributed by atoms with Crippen molar-refractivity contribution in [1.82, 2.24) is 0 Å².